The molecule has 0 aromatic heterocycles. The molecule has 1 aliphatic rings. The Morgan fingerprint density at radius 3 is 2.78 bits per heavy atom. The lowest BCUT2D eigenvalue weighted by Gasteiger charge is -2.30. The van der Waals surface area contributed by atoms with Crippen LogP contribution in [0.3, 0.4) is 0 Å². The minimum atomic E-state index is -2.87. The van der Waals surface area contributed by atoms with Crippen LogP contribution in [0.2, 0.25) is 0 Å². The number of likely N-dealkylation sites (tertiary alicyclic amines) is 1. The van der Waals surface area contributed by atoms with Gasteiger partial charge in [-0.3, -0.25) is 4.99 Å². The third-order valence-corrected chi connectivity index (χ3v) is 4.43. The number of ether oxygens (including phenoxy) is 2. The van der Waals surface area contributed by atoms with Gasteiger partial charge >= 0.3 is 6.61 Å². The Bertz CT molecular complexity index is 605. The quantitative estimate of drug-likeness (QED) is 0.344. The van der Waals surface area contributed by atoms with Crippen LogP contribution in [0, 0.1) is 5.92 Å². The number of benzene rings is 1. The van der Waals surface area contributed by atoms with Gasteiger partial charge < -0.3 is 25.0 Å². The maximum atomic E-state index is 12.6. The number of hydrogen-bond acceptors (Lipinski definition) is 4. The Labute approximate surface area is 176 Å². The summed E-state index contributed by atoms with van der Waals surface area (Å²) >= 11 is 0. The van der Waals surface area contributed by atoms with E-state index in [2.05, 4.69) is 32.3 Å². The molecule has 1 aliphatic heterocycles. The molecule has 1 heterocycles. The number of rotatable bonds is 7. The predicted octanol–water partition coefficient (Wildman–Crippen LogP) is 2.92. The number of nitrogens with zero attached hydrogens (tertiary/aromatic N) is 2. The number of piperidine rings is 1. The van der Waals surface area contributed by atoms with Crippen molar-refractivity contribution in [3.8, 4) is 11.5 Å². The van der Waals surface area contributed by atoms with Crippen LogP contribution in [0.1, 0.15) is 18.4 Å². The molecule has 1 aromatic rings. The summed E-state index contributed by atoms with van der Waals surface area (Å²) < 4.78 is 34.9. The van der Waals surface area contributed by atoms with Crippen molar-refractivity contribution in [1.82, 2.24) is 15.5 Å². The second-order valence-electron chi connectivity index (χ2n) is 6.43. The summed E-state index contributed by atoms with van der Waals surface area (Å²) in [5.74, 6) is 1.90. The van der Waals surface area contributed by atoms with Gasteiger partial charge in [0.1, 0.15) is 11.5 Å². The molecular formula is C18H29F2IN4O2. The van der Waals surface area contributed by atoms with Gasteiger partial charge in [0.2, 0.25) is 0 Å². The van der Waals surface area contributed by atoms with Crippen LogP contribution in [0.25, 0.3) is 0 Å². The first-order valence-electron chi connectivity index (χ1n) is 8.76. The van der Waals surface area contributed by atoms with E-state index >= 15 is 0 Å². The number of guanidine groups is 1. The molecule has 2 rings (SSSR count). The lowest BCUT2D eigenvalue weighted by Crippen LogP contribution is -2.43. The van der Waals surface area contributed by atoms with E-state index < -0.39 is 6.61 Å². The predicted molar refractivity (Wildman–Crippen MR) is 113 cm³/mol. The smallest absolute Gasteiger partial charge is 0.387 e. The van der Waals surface area contributed by atoms with Crippen LogP contribution in [-0.2, 0) is 6.54 Å². The average Bonchev–Trinajstić information content (AvgIpc) is 2.62. The first-order valence-corrected chi connectivity index (χ1v) is 8.76. The highest BCUT2D eigenvalue weighted by Gasteiger charge is 2.17. The Balaban J connectivity index is 0.00000364. The number of halogens is 3. The van der Waals surface area contributed by atoms with Gasteiger partial charge in [0, 0.05) is 32.2 Å². The molecular weight excluding hydrogens is 469 g/mol. The fourth-order valence-electron chi connectivity index (χ4n) is 3.11. The largest absolute Gasteiger partial charge is 0.497 e. The van der Waals surface area contributed by atoms with Crippen molar-refractivity contribution < 1.29 is 18.3 Å². The summed E-state index contributed by atoms with van der Waals surface area (Å²) in [7, 11) is 5.35. The first-order chi connectivity index (χ1) is 12.5. The third-order valence-electron chi connectivity index (χ3n) is 4.43. The van der Waals surface area contributed by atoms with Gasteiger partial charge in [-0.1, -0.05) is 0 Å². The number of nitrogens with one attached hydrogen (secondary N) is 2. The lowest BCUT2D eigenvalue weighted by molar-refractivity contribution is -0.0504. The molecule has 27 heavy (non-hydrogen) atoms. The number of aliphatic imine (C=N–C) groups is 1. The highest BCUT2D eigenvalue weighted by molar-refractivity contribution is 14.0. The summed E-state index contributed by atoms with van der Waals surface area (Å²) in [6.07, 6.45) is 2.39. The van der Waals surface area contributed by atoms with Gasteiger partial charge in [-0.25, -0.2) is 0 Å². The van der Waals surface area contributed by atoms with E-state index in [0.717, 1.165) is 19.6 Å². The SMILES string of the molecule is CN=C(NCc1cc(OC)ccc1OC(F)F)NCC1CCCN(C)C1.I. The zero-order chi connectivity index (χ0) is 18.9. The fourth-order valence-corrected chi connectivity index (χ4v) is 3.11. The summed E-state index contributed by atoms with van der Waals surface area (Å²) in [4.78, 5) is 6.53. The Hall–Kier alpha value is -1.36. The standard InChI is InChI=1S/C18H28F2N4O2.HI/c1-21-18(22-10-13-5-4-8-24(2)12-13)23-11-14-9-15(25-3)6-7-16(14)26-17(19)20;/h6-7,9,13,17H,4-5,8,10-12H2,1-3H3,(H2,21,22,23);1H. The van der Waals surface area contributed by atoms with E-state index in [4.69, 9.17) is 4.74 Å². The monoisotopic (exact) mass is 498 g/mol. The lowest BCUT2D eigenvalue weighted by atomic mass is 9.99. The van der Waals surface area contributed by atoms with Crippen LogP contribution in [0.15, 0.2) is 23.2 Å². The van der Waals surface area contributed by atoms with E-state index in [0.29, 0.717) is 29.7 Å². The third kappa shape index (κ3) is 8.04. The maximum absolute atomic E-state index is 12.6. The molecule has 1 atom stereocenters. The molecule has 1 saturated heterocycles. The summed E-state index contributed by atoms with van der Waals surface area (Å²) in [5, 5.41) is 6.46. The van der Waals surface area contributed by atoms with Crippen molar-refractivity contribution in [3.63, 3.8) is 0 Å². The van der Waals surface area contributed by atoms with E-state index in [-0.39, 0.29) is 29.7 Å². The van der Waals surface area contributed by atoms with Gasteiger partial charge in [0.05, 0.1) is 7.11 Å². The van der Waals surface area contributed by atoms with Crippen LogP contribution in [0.4, 0.5) is 8.78 Å². The Morgan fingerprint density at radius 1 is 1.37 bits per heavy atom. The number of methoxy groups -OCH3 is 1. The molecule has 0 radical (unpaired) electrons. The van der Waals surface area contributed by atoms with Gasteiger partial charge in [-0.2, -0.15) is 8.78 Å². The normalized spacial score (nSPS) is 18.0. The molecule has 9 heteroatoms. The molecule has 0 spiro atoms. The van der Waals surface area contributed by atoms with Crippen LogP contribution in [-0.4, -0.2) is 58.3 Å². The molecule has 1 aromatic carbocycles. The number of hydrogen-bond donors (Lipinski definition) is 2. The van der Waals surface area contributed by atoms with Crippen LogP contribution in [0.5, 0.6) is 11.5 Å². The van der Waals surface area contributed by atoms with Gasteiger partial charge in [-0.15, -0.1) is 24.0 Å². The van der Waals surface area contributed by atoms with Crippen molar-refractivity contribution in [2.45, 2.75) is 26.0 Å². The van der Waals surface area contributed by atoms with Crippen molar-refractivity contribution in [2.75, 3.05) is 40.8 Å². The molecule has 0 saturated carbocycles. The van der Waals surface area contributed by atoms with E-state index in [1.54, 1.807) is 19.2 Å². The minimum absolute atomic E-state index is 0. The topological polar surface area (TPSA) is 58.1 Å². The maximum Gasteiger partial charge on any atom is 0.387 e. The fraction of sp³-hybridized carbons (Fsp3) is 0.611. The zero-order valence-electron chi connectivity index (χ0n) is 16.0. The van der Waals surface area contributed by atoms with Crippen molar-refractivity contribution in [1.29, 1.82) is 0 Å². The van der Waals surface area contributed by atoms with E-state index in [1.807, 2.05) is 0 Å². The first kappa shape index (κ1) is 23.7. The minimum Gasteiger partial charge on any atom is -0.497 e. The van der Waals surface area contributed by atoms with Gasteiger partial charge in [0.15, 0.2) is 5.96 Å². The Kier molecular flexibility index (Phi) is 10.7. The van der Waals surface area contributed by atoms with Gasteiger partial charge in [-0.05, 0) is 50.6 Å². The molecule has 1 unspecified atom stereocenters. The van der Waals surface area contributed by atoms with E-state index in [9.17, 15) is 8.78 Å². The summed E-state index contributed by atoms with van der Waals surface area (Å²) in [5.41, 5.74) is 0.574. The van der Waals surface area contributed by atoms with Crippen LogP contribution >= 0.6 is 24.0 Å². The van der Waals surface area contributed by atoms with Crippen molar-refractivity contribution in [3.05, 3.63) is 23.8 Å². The van der Waals surface area contributed by atoms with Crippen molar-refractivity contribution in [2.24, 2.45) is 10.9 Å². The Morgan fingerprint density at radius 2 is 2.15 bits per heavy atom. The van der Waals surface area contributed by atoms with Gasteiger partial charge in [0.25, 0.3) is 0 Å². The molecule has 0 amide bonds. The zero-order valence-corrected chi connectivity index (χ0v) is 18.3. The van der Waals surface area contributed by atoms with Crippen LogP contribution < -0.4 is 20.1 Å². The van der Waals surface area contributed by atoms with Crippen molar-refractivity contribution >= 4 is 29.9 Å². The summed E-state index contributed by atoms with van der Waals surface area (Å²) in [6, 6.07) is 4.75. The number of alkyl halides is 2. The van der Waals surface area contributed by atoms with E-state index in [1.165, 1.54) is 26.0 Å². The molecule has 0 bridgehead atoms. The highest BCUT2D eigenvalue weighted by atomic mass is 127. The molecule has 1 fully saturated rings. The summed E-state index contributed by atoms with van der Waals surface area (Å²) in [6.45, 7) is 0.452. The highest BCUT2D eigenvalue weighted by Crippen LogP contribution is 2.25. The second kappa shape index (κ2) is 12.2. The molecule has 2 N–H and O–H groups in total. The molecule has 0 aliphatic carbocycles. The molecule has 6 nitrogen and oxygen atoms in total. The molecule has 154 valence electrons. The average molecular weight is 498 g/mol. The second-order valence-corrected chi connectivity index (χ2v) is 6.43.